The van der Waals surface area contributed by atoms with Gasteiger partial charge < -0.3 is 15.8 Å². The number of fused-ring (bicyclic) bond motifs is 1. The Morgan fingerprint density at radius 2 is 2.11 bits per heavy atom. The molecule has 0 fully saturated rings. The number of amides is 1. The molecular formula is C15H22N2O2. The van der Waals surface area contributed by atoms with Gasteiger partial charge in [0.25, 0.3) is 5.91 Å². The molecule has 19 heavy (non-hydrogen) atoms. The molecule has 0 spiro atoms. The van der Waals surface area contributed by atoms with Crippen molar-refractivity contribution in [1.29, 1.82) is 0 Å². The summed E-state index contributed by atoms with van der Waals surface area (Å²) in [7, 11) is 0. The number of rotatable bonds is 4. The largest absolute Gasteiger partial charge is 0.491 e. The topological polar surface area (TPSA) is 64.4 Å². The average molecular weight is 262 g/mol. The van der Waals surface area contributed by atoms with E-state index in [1.54, 1.807) is 0 Å². The lowest BCUT2D eigenvalue weighted by molar-refractivity contribution is 0.0957. The number of nitrogens with two attached hydrogens (primary N) is 1. The third-order valence-corrected chi connectivity index (χ3v) is 3.83. The molecule has 0 saturated heterocycles. The molecule has 104 valence electrons. The van der Waals surface area contributed by atoms with E-state index in [2.05, 4.69) is 19.2 Å². The fourth-order valence-electron chi connectivity index (χ4n) is 2.55. The van der Waals surface area contributed by atoms with E-state index in [4.69, 9.17) is 10.5 Å². The lowest BCUT2D eigenvalue weighted by atomic mass is 9.89. The van der Waals surface area contributed by atoms with E-state index in [0.29, 0.717) is 30.4 Å². The van der Waals surface area contributed by atoms with E-state index in [0.717, 1.165) is 18.4 Å². The van der Waals surface area contributed by atoms with E-state index >= 15 is 0 Å². The predicted octanol–water partition coefficient (Wildman–Crippen LogP) is 2.24. The van der Waals surface area contributed by atoms with E-state index in [-0.39, 0.29) is 11.9 Å². The molecule has 0 radical (unpaired) electrons. The summed E-state index contributed by atoms with van der Waals surface area (Å²) in [5.74, 6) is 1.01. The van der Waals surface area contributed by atoms with Crippen molar-refractivity contribution < 1.29 is 9.53 Å². The predicted molar refractivity (Wildman–Crippen MR) is 75.3 cm³/mol. The summed E-state index contributed by atoms with van der Waals surface area (Å²) in [6.07, 6.45) is 2.08. The second-order valence-corrected chi connectivity index (χ2v) is 4.96. The molecular weight excluding hydrogens is 240 g/mol. The minimum absolute atomic E-state index is 0.0312. The van der Waals surface area contributed by atoms with E-state index in [9.17, 15) is 4.79 Å². The maximum Gasteiger partial charge on any atom is 0.255 e. The highest BCUT2D eigenvalue weighted by molar-refractivity contribution is 5.97. The van der Waals surface area contributed by atoms with Crippen molar-refractivity contribution in [3.05, 3.63) is 29.3 Å². The maximum atomic E-state index is 12.0. The summed E-state index contributed by atoms with van der Waals surface area (Å²) >= 11 is 0. The normalized spacial score (nSPS) is 16.3. The number of carbonyl (C=O) groups is 1. The van der Waals surface area contributed by atoms with Gasteiger partial charge >= 0.3 is 0 Å². The maximum absolute atomic E-state index is 12.0. The molecule has 0 bridgehead atoms. The fourth-order valence-corrected chi connectivity index (χ4v) is 2.55. The van der Waals surface area contributed by atoms with Crippen molar-refractivity contribution in [2.24, 2.45) is 11.7 Å². The number of hydrogen-bond acceptors (Lipinski definition) is 3. The van der Waals surface area contributed by atoms with Crippen LogP contribution in [-0.4, -0.2) is 19.1 Å². The van der Waals surface area contributed by atoms with Crippen molar-refractivity contribution in [3.63, 3.8) is 0 Å². The first-order valence-electron chi connectivity index (χ1n) is 6.97. The number of benzene rings is 1. The second-order valence-electron chi connectivity index (χ2n) is 4.96. The van der Waals surface area contributed by atoms with Crippen LogP contribution in [0.2, 0.25) is 0 Å². The molecule has 2 rings (SSSR count). The summed E-state index contributed by atoms with van der Waals surface area (Å²) in [6.45, 7) is 5.35. The average Bonchev–Trinajstić information content (AvgIpc) is 2.62. The molecule has 4 nitrogen and oxygen atoms in total. The Bertz CT molecular complexity index is 455. The summed E-state index contributed by atoms with van der Waals surface area (Å²) in [4.78, 5) is 12.0. The first kappa shape index (κ1) is 13.9. The molecule has 4 heteroatoms. The van der Waals surface area contributed by atoms with Gasteiger partial charge in [0.05, 0.1) is 12.1 Å². The second kappa shape index (κ2) is 6.06. The van der Waals surface area contributed by atoms with Gasteiger partial charge in [0.15, 0.2) is 0 Å². The van der Waals surface area contributed by atoms with Gasteiger partial charge in [0, 0.05) is 6.04 Å². The quantitative estimate of drug-likeness (QED) is 0.874. The van der Waals surface area contributed by atoms with Crippen LogP contribution in [0.15, 0.2) is 18.2 Å². The third kappa shape index (κ3) is 2.89. The van der Waals surface area contributed by atoms with Crippen LogP contribution in [0.3, 0.4) is 0 Å². The smallest absolute Gasteiger partial charge is 0.255 e. The number of carbonyl (C=O) groups excluding carboxylic acids is 1. The molecule has 1 aromatic rings. The van der Waals surface area contributed by atoms with Gasteiger partial charge in [0.2, 0.25) is 0 Å². The summed E-state index contributed by atoms with van der Waals surface area (Å²) in [5, 5.41) is 2.82. The van der Waals surface area contributed by atoms with Gasteiger partial charge in [0.1, 0.15) is 12.4 Å². The standard InChI is InChI=1S/C15H22N2O2/c1-3-10(4-2)14(16)11-5-6-13-12(9-11)15(18)17-7-8-19-13/h5-6,9-10,14H,3-4,7-8,16H2,1-2H3,(H,17,18). The minimum atomic E-state index is -0.0777. The molecule has 1 aliphatic rings. The first-order valence-corrected chi connectivity index (χ1v) is 6.97. The van der Waals surface area contributed by atoms with Crippen molar-refractivity contribution in [2.75, 3.05) is 13.2 Å². The van der Waals surface area contributed by atoms with Crippen LogP contribution in [-0.2, 0) is 0 Å². The van der Waals surface area contributed by atoms with E-state index in [1.807, 2.05) is 18.2 Å². The number of ether oxygens (including phenoxy) is 1. The van der Waals surface area contributed by atoms with Crippen LogP contribution in [0.4, 0.5) is 0 Å². The zero-order chi connectivity index (χ0) is 13.8. The van der Waals surface area contributed by atoms with Gasteiger partial charge in [-0.25, -0.2) is 0 Å². The Morgan fingerprint density at radius 1 is 1.37 bits per heavy atom. The zero-order valence-corrected chi connectivity index (χ0v) is 11.6. The van der Waals surface area contributed by atoms with Crippen LogP contribution in [0.1, 0.15) is 48.7 Å². The van der Waals surface area contributed by atoms with Gasteiger partial charge in [-0.3, -0.25) is 4.79 Å². The van der Waals surface area contributed by atoms with Gasteiger partial charge in [-0.05, 0) is 23.6 Å². The van der Waals surface area contributed by atoms with E-state index < -0.39 is 0 Å². The van der Waals surface area contributed by atoms with Crippen molar-refractivity contribution in [3.8, 4) is 5.75 Å². The highest BCUT2D eigenvalue weighted by atomic mass is 16.5. The number of nitrogens with one attached hydrogen (secondary N) is 1. The molecule has 3 N–H and O–H groups in total. The van der Waals surface area contributed by atoms with Gasteiger partial charge in [-0.1, -0.05) is 32.8 Å². The molecule has 0 aliphatic carbocycles. The summed E-state index contributed by atoms with van der Waals surface area (Å²) < 4.78 is 5.54. The zero-order valence-electron chi connectivity index (χ0n) is 11.6. The van der Waals surface area contributed by atoms with Crippen LogP contribution >= 0.6 is 0 Å². The third-order valence-electron chi connectivity index (χ3n) is 3.83. The summed E-state index contributed by atoms with van der Waals surface area (Å²) in [5.41, 5.74) is 7.91. The molecule has 1 heterocycles. The van der Waals surface area contributed by atoms with Crippen LogP contribution in [0, 0.1) is 5.92 Å². The van der Waals surface area contributed by atoms with Crippen LogP contribution < -0.4 is 15.8 Å². The molecule has 1 amide bonds. The highest BCUT2D eigenvalue weighted by Crippen LogP contribution is 2.29. The lowest BCUT2D eigenvalue weighted by Gasteiger charge is -2.22. The Balaban J connectivity index is 2.31. The van der Waals surface area contributed by atoms with Crippen molar-refractivity contribution >= 4 is 5.91 Å². The van der Waals surface area contributed by atoms with Crippen molar-refractivity contribution in [1.82, 2.24) is 5.32 Å². The van der Waals surface area contributed by atoms with E-state index in [1.165, 1.54) is 0 Å². The lowest BCUT2D eigenvalue weighted by Crippen LogP contribution is -2.25. The molecule has 0 saturated carbocycles. The van der Waals surface area contributed by atoms with Crippen LogP contribution in [0.5, 0.6) is 5.75 Å². The molecule has 1 aromatic carbocycles. The van der Waals surface area contributed by atoms with Gasteiger partial charge in [-0.15, -0.1) is 0 Å². The SMILES string of the molecule is CCC(CC)C(N)c1ccc2c(c1)C(=O)NCCO2. The highest BCUT2D eigenvalue weighted by Gasteiger charge is 2.21. The molecule has 1 aliphatic heterocycles. The Hall–Kier alpha value is -1.55. The fraction of sp³-hybridized carbons (Fsp3) is 0.533. The minimum Gasteiger partial charge on any atom is -0.491 e. The Kier molecular flexibility index (Phi) is 4.43. The molecule has 1 unspecified atom stereocenters. The first-order chi connectivity index (χ1) is 9.17. The Labute approximate surface area is 114 Å². The van der Waals surface area contributed by atoms with Crippen molar-refractivity contribution in [2.45, 2.75) is 32.7 Å². The monoisotopic (exact) mass is 262 g/mol. The number of hydrogen-bond donors (Lipinski definition) is 2. The molecule has 0 aromatic heterocycles. The van der Waals surface area contributed by atoms with Gasteiger partial charge in [-0.2, -0.15) is 0 Å². The Morgan fingerprint density at radius 3 is 2.79 bits per heavy atom. The summed E-state index contributed by atoms with van der Waals surface area (Å²) in [6, 6.07) is 5.67. The molecule has 1 atom stereocenters. The van der Waals surface area contributed by atoms with Crippen LogP contribution in [0.25, 0.3) is 0 Å².